The van der Waals surface area contributed by atoms with Gasteiger partial charge in [0.15, 0.2) is 5.96 Å². The number of rotatable bonds is 11. The molecule has 3 rings (SSSR count). The van der Waals surface area contributed by atoms with E-state index >= 15 is 0 Å². The lowest BCUT2D eigenvalue weighted by molar-refractivity contribution is 0.187. The van der Waals surface area contributed by atoms with Crippen molar-refractivity contribution >= 4 is 5.96 Å². The highest BCUT2D eigenvalue weighted by Gasteiger charge is 2.15. The topological polar surface area (TPSA) is 68.0 Å². The fraction of sp³-hybridized carbons (Fsp3) is 0.522. The van der Waals surface area contributed by atoms with E-state index < -0.39 is 0 Å². The smallest absolute Gasteiger partial charge is 0.191 e. The number of hydrogen-bond acceptors (Lipinski definition) is 4. The lowest BCUT2D eigenvalue weighted by atomic mass is 10.1. The lowest BCUT2D eigenvalue weighted by Gasteiger charge is -2.14. The number of guanidine groups is 1. The minimum Gasteiger partial charge on any atom is -0.494 e. The van der Waals surface area contributed by atoms with Gasteiger partial charge in [-0.1, -0.05) is 19.1 Å². The molecule has 1 aromatic heterocycles. The Hall–Kier alpha value is -2.47. The first-order valence-electron chi connectivity index (χ1n) is 10.7. The molecule has 1 saturated heterocycles. The van der Waals surface area contributed by atoms with E-state index in [9.17, 15) is 0 Å². The molecule has 1 unspecified atom stereocenters. The van der Waals surface area contributed by atoms with Gasteiger partial charge < -0.3 is 24.5 Å². The molecular formula is C23H33N3O3. The van der Waals surface area contributed by atoms with Gasteiger partial charge >= 0.3 is 0 Å². The van der Waals surface area contributed by atoms with Crippen LogP contribution < -0.4 is 15.4 Å². The van der Waals surface area contributed by atoms with E-state index in [1.807, 2.05) is 18.2 Å². The summed E-state index contributed by atoms with van der Waals surface area (Å²) in [5.41, 5.74) is 1.25. The van der Waals surface area contributed by atoms with Crippen molar-refractivity contribution in [3.8, 4) is 5.75 Å². The summed E-state index contributed by atoms with van der Waals surface area (Å²) in [5.74, 6) is 3.29. The SMILES string of the molecule is CCCOc1cccc(CCNC(=NCC2CCOC2)NCCc2ccco2)c1. The van der Waals surface area contributed by atoms with Crippen molar-refractivity contribution in [2.75, 3.05) is 39.5 Å². The number of ether oxygens (including phenoxy) is 2. The maximum atomic E-state index is 5.73. The zero-order chi connectivity index (χ0) is 20.2. The molecule has 0 aliphatic carbocycles. The number of nitrogens with zero attached hydrogens (tertiary/aromatic N) is 1. The largest absolute Gasteiger partial charge is 0.494 e. The van der Waals surface area contributed by atoms with E-state index in [0.29, 0.717) is 5.92 Å². The number of hydrogen-bond donors (Lipinski definition) is 2. The highest BCUT2D eigenvalue weighted by molar-refractivity contribution is 5.79. The third kappa shape index (κ3) is 7.81. The Labute approximate surface area is 173 Å². The summed E-state index contributed by atoms with van der Waals surface area (Å²) in [6.45, 7) is 6.91. The highest BCUT2D eigenvalue weighted by atomic mass is 16.5. The zero-order valence-electron chi connectivity index (χ0n) is 17.4. The third-order valence-electron chi connectivity index (χ3n) is 4.85. The minimum atomic E-state index is 0.520. The van der Waals surface area contributed by atoms with E-state index in [4.69, 9.17) is 18.9 Å². The van der Waals surface area contributed by atoms with Crippen molar-refractivity contribution < 1.29 is 13.9 Å². The lowest BCUT2D eigenvalue weighted by Crippen LogP contribution is -2.39. The van der Waals surface area contributed by atoms with Crippen molar-refractivity contribution in [1.82, 2.24) is 10.6 Å². The summed E-state index contributed by atoms with van der Waals surface area (Å²) in [6, 6.07) is 12.2. The first-order chi connectivity index (χ1) is 14.3. The second-order valence-electron chi connectivity index (χ2n) is 7.35. The molecular weight excluding hydrogens is 366 g/mol. The second-order valence-corrected chi connectivity index (χ2v) is 7.35. The second kappa shape index (κ2) is 12.2. The van der Waals surface area contributed by atoms with E-state index in [1.54, 1.807) is 6.26 Å². The molecule has 1 atom stereocenters. The molecule has 0 amide bonds. The molecule has 0 spiro atoms. The van der Waals surface area contributed by atoms with Gasteiger partial charge in [-0.3, -0.25) is 4.99 Å². The number of nitrogens with one attached hydrogen (secondary N) is 2. The van der Waals surface area contributed by atoms with Gasteiger partial charge in [-0.15, -0.1) is 0 Å². The fourth-order valence-corrected chi connectivity index (χ4v) is 3.22. The summed E-state index contributed by atoms with van der Waals surface area (Å²) >= 11 is 0. The number of furan rings is 1. The van der Waals surface area contributed by atoms with Crippen LogP contribution in [0.15, 0.2) is 52.1 Å². The van der Waals surface area contributed by atoms with Gasteiger partial charge in [0, 0.05) is 38.6 Å². The van der Waals surface area contributed by atoms with Gasteiger partial charge in [0.2, 0.25) is 0 Å². The van der Waals surface area contributed by atoms with Crippen LogP contribution in [-0.2, 0) is 17.6 Å². The molecule has 2 aromatic rings. The summed E-state index contributed by atoms with van der Waals surface area (Å²) in [6.07, 6.45) is 5.56. The first-order valence-corrected chi connectivity index (χ1v) is 10.7. The molecule has 6 heteroatoms. The van der Waals surface area contributed by atoms with Crippen LogP contribution in [0.2, 0.25) is 0 Å². The van der Waals surface area contributed by atoms with Crippen molar-refractivity contribution in [2.24, 2.45) is 10.9 Å². The van der Waals surface area contributed by atoms with E-state index in [-0.39, 0.29) is 0 Å². The molecule has 2 heterocycles. The summed E-state index contributed by atoms with van der Waals surface area (Å²) in [5, 5.41) is 6.88. The van der Waals surface area contributed by atoms with Gasteiger partial charge in [0.1, 0.15) is 11.5 Å². The van der Waals surface area contributed by atoms with Gasteiger partial charge in [-0.25, -0.2) is 0 Å². The molecule has 1 aliphatic heterocycles. The Kier molecular flexibility index (Phi) is 8.91. The normalized spacial score (nSPS) is 16.7. The van der Waals surface area contributed by atoms with Gasteiger partial charge in [0.25, 0.3) is 0 Å². The van der Waals surface area contributed by atoms with Crippen LogP contribution in [0, 0.1) is 5.92 Å². The van der Waals surface area contributed by atoms with Crippen molar-refractivity contribution in [3.63, 3.8) is 0 Å². The van der Waals surface area contributed by atoms with Gasteiger partial charge in [0.05, 0.1) is 19.5 Å². The summed E-state index contributed by atoms with van der Waals surface area (Å²) < 4.78 is 16.6. The Balaban J connectivity index is 1.47. The van der Waals surface area contributed by atoms with E-state index in [1.165, 1.54) is 5.56 Å². The van der Waals surface area contributed by atoms with Crippen molar-refractivity contribution in [3.05, 3.63) is 54.0 Å². The van der Waals surface area contributed by atoms with Crippen molar-refractivity contribution in [1.29, 1.82) is 0 Å². The molecule has 2 N–H and O–H groups in total. The molecule has 1 aliphatic rings. The summed E-state index contributed by atoms with van der Waals surface area (Å²) in [7, 11) is 0. The Morgan fingerprint density at radius 2 is 2.07 bits per heavy atom. The molecule has 1 aromatic carbocycles. The van der Waals surface area contributed by atoms with E-state index in [0.717, 1.165) is 82.6 Å². The molecule has 0 bridgehead atoms. The monoisotopic (exact) mass is 399 g/mol. The minimum absolute atomic E-state index is 0.520. The molecule has 1 fully saturated rings. The van der Waals surface area contributed by atoms with Crippen LogP contribution in [0.1, 0.15) is 31.1 Å². The Bertz CT molecular complexity index is 725. The summed E-state index contributed by atoms with van der Waals surface area (Å²) in [4.78, 5) is 4.77. The molecule has 0 radical (unpaired) electrons. The van der Waals surface area contributed by atoms with Crippen LogP contribution in [0.25, 0.3) is 0 Å². The maximum Gasteiger partial charge on any atom is 0.191 e. The molecule has 158 valence electrons. The average Bonchev–Trinajstić information content (AvgIpc) is 3.44. The van der Waals surface area contributed by atoms with Crippen LogP contribution in [0.4, 0.5) is 0 Å². The Morgan fingerprint density at radius 1 is 1.17 bits per heavy atom. The molecule has 29 heavy (non-hydrogen) atoms. The van der Waals surface area contributed by atoms with Crippen LogP contribution >= 0.6 is 0 Å². The van der Waals surface area contributed by atoms with E-state index in [2.05, 4.69) is 35.8 Å². The predicted octanol–water partition coefficient (Wildman–Crippen LogP) is 3.43. The first kappa shape index (κ1) is 21.2. The number of benzene rings is 1. The third-order valence-corrected chi connectivity index (χ3v) is 4.85. The van der Waals surface area contributed by atoms with Crippen molar-refractivity contribution in [2.45, 2.75) is 32.6 Å². The van der Waals surface area contributed by atoms with Gasteiger partial charge in [-0.2, -0.15) is 0 Å². The maximum absolute atomic E-state index is 5.73. The highest BCUT2D eigenvalue weighted by Crippen LogP contribution is 2.14. The zero-order valence-corrected chi connectivity index (χ0v) is 17.4. The molecule has 6 nitrogen and oxygen atoms in total. The van der Waals surface area contributed by atoms with Crippen LogP contribution in [0.3, 0.4) is 0 Å². The fourth-order valence-electron chi connectivity index (χ4n) is 3.22. The Morgan fingerprint density at radius 3 is 2.83 bits per heavy atom. The number of aliphatic imine (C=N–C) groups is 1. The van der Waals surface area contributed by atoms with Crippen LogP contribution in [0.5, 0.6) is 5.75 Å². The predicted molar refractivity (Wildman–Crippen MR) is 116 cm³/mol. The molecule has 0 saturated carbocycles. The quantitative estimate of drug-likeness (QED) is 0.448. The van der Waals surface area contributed by atoms with Crippen LogP contribution in [-0.4, -0.2) is 45.4 Å². The average molecular weight is 400 g/mol. The standard InChI is InChI=1S/C23H33N3O3/c1-2-13-28-22-6-3-5-19(16-22)8-11-24-23(26-17-20-10-15-27-18-20)25-12-9-21-7-4-14-29-21/h3-7,14,16,20H,2,8-13,15,17-18H2,1H3,(H2,24,25,26). The van der Waals surface area contributed by atoms with Gasteiger partial charge in [-0.05, 0) is 49.1 Å².